The number of nitrogens with two attached hydrogens (primary N) is 1. The lowest BCUT2D eigenvalue weighted by atomic mass is 9.79. The third kappa shape index (κ3) is 2.18. The molecule has 0 aliphatic heterocycles. The van der Waals surface area contributed by atoms with Gasteiger partial charge in [-0.05, 0) is 12.8 Å². The fraction of sp³-hybridized carbons (Fsp3) is 0.750. The fourth-order valence-corrected chi connectivity index (χ4v) is 1.80. The topological polar surface area (TPSA) is 89.6 Å². The van der Waals surface area contributed by atoms with Crippen LogP contribution >= 0.6 is 0 Å². The zero-order chi connectivity index (χ0) is 9.84. The molecule has 74 valence electrons. The molecule has 0 radical (unpaired) electrons. The number of carboxylic acids is 1. The number of carbonyl (C=O) groups excluding carboxylic acids is 1. The summed E-state index contributed by atoms with van der Waals surface area (Å²) in [7, 11) is 0. The van der Waals surface area contributed by atoms with Gasteiger partial charge in [0.15, 0.2) is 0 Å². The average molecular weight is 187 g/mol. The molecular weight excluding hydrogens is 174 g/mol. The first-order valence-corrected chi connectivity index (χ1v) is 4.30. The summed E-state index contributed by atoms with van der Waals surface area (Å²) in [5.74, 6) is 2.00. The maximum Gasteiger partial charge on any atom is 0.328 e. The van der Waals surface area contributed by atoms with E-state index in [2.05, 4.69) is 4.84 Å². The molecule has 0 amide bonds. The molecule has 0 spiro atoms. The van der Waals surface area contributed by atoms with E-state index in [4.69, 9.17) is 11.0 Å². The van der Waals surface area contributed by atoms with Crippen molar-refractivity contribution in [3.63, 3.8) is 0 Å². The number of hydrogen-bond acceptors (Lipinski definition) is 4. The molecule has 2 atom stereocenters. The maximum atomic E-state index is 11.1. The van der Waals surface area contributed by atoms with E-state index in [-0.39, 0.29) is 0 Å². The standard InChI is InChI=1S/C8H13NO4/c9-13-8(12)6-4-2-1-3-5(6)7(10)11/h5-6H,1-4,9H2,(H,10,11). The highest BCUT2D eigenvalue weighted by Crippen LogP contribution is 2.30. The highest BCUT2D eigenvalue weighted by Gasteiger charge is 2.36. The lowest BCUT2D eigenvalue weighted by Gasteiger charge is -2.25. The highest BCUT2D eigenvalue weighted by atomic mass is 16.7. The summed E-state index contributed by atoms with van der Waals surface area (Å²) in [6, 6.07) is 0. The summed E-state index contributed by atoms with van der Waals surface area (Å²) in [6.45, 7) is 0. The molecule has 13 heavy (non-hydrogen) atoms. The Kier molecular flexibility index (Phi) is 3.25. The predicted octanol–water partition coefficient (Wildman–Crippen LogP) is 0.294. The van der Waals surface area contributed by atoms with Crippen LogP contribution in [-0.4, -0.2) is 17.0 Å². The van der Waals surface area contributed by atoms with Gasteiger partial charge in [-0.1, -0.05) is 12.8 Å². The van der Waals surface area contributed by atoms with Crippen molar-refractivity contribution >= 4 is 11.9 Å². The van der Waals surface area contributed by atoms with E-state index in [1.807, 2.05) is 0 Å². The number of carboxylic acid groups (broad SMARTS) is 1. The molecule has 1 aliphatic carbocycles. The van der Waals surface area contributed by atoms with Gasteiger partial charge in [0, 0.05) is 0 Å². The number of aliphatic carboxylic acids is 1. The van der Waals surface area contributed by atoms with E-state index in [1.54, 1.807) is 0 Å². The summed E-state index contributed by atoms with van der Waals surface area (Å²) < 4.78 is 0. The van der Waals surface area contributed by atoms with Gasteiger partial charge in [-0.3, -0.25) is 9.59 Å². The summed E-state index contributed by atoms with van der Waals surface area (Å²) in [6.07, 6.45) is 2.82. The lowest BCUT2D eigenvalue weighted by molar-refractivity contribution is -0.160. The molecule has 5 nitrogen and oxygen atoms in total. The Morgan fingerprint density at radius 2 is 1.77 bits per heavy atom. The molecule has 2 unspecified atom stereocenters. The molecule has 0 aromatic heterocycles. The van der Waals surface area contributed by atoms with Crippen LogP contribution < -0.4 is 5.90 Å². The first kappa shape index (κ1) is 9.98. The van der Waals surface area contributed by atoms with Crippen molar-refractivity contribution in [1.82, 2.24) is 0 Å². The average Bonchev–Trinajstić information content (AvgIpc) is 2.16. The maximum absolute atomic E-state index is 11.1. The van der Waals surface area contributed by atoms with Crippen molar-refractivity contribution in [2.24, 2.45) is 17.7 Å². The van der Waals surface area contributed by atoms with E-state index in [0.717, 1.165) is 12.8 Å². The minimum Gasteiger partial charge on any atom is -0.481 e. The van der Waals surface area contributed by atoms with Crippen LogP contribution in [0, 0.1) is 11.8 Å². The van der Waals surface area contributed by atoms with Crippen LogP contribution in [0.15, 0.2) is 0 Å². The van der Waals surface area contributed by atoms with E-state index in [0.29, 0.717) is 12.8 Å². The van der Waals surface area contributed by atoms with Crippen molar-refractivity contribution in [3.8, 4) is 0 Å². The van der Waals surface area contributed by atoms with Crippen molar-refractivity contribution in [2.75, 3.05) is 0 Å². The van der Waals surface area contributed by atoms with Gasteiger partial charge in [0.05, 0.1) is 11.8 Å². The molecule has 0 bridgehead atoms. The van der Waals surface area contributed by atoms with Gasteiger partial charge in [-0.2, -0.15) is 5.90 Å². The third-order valence-electron chi connectivity index (χ3n) is 2.50. The van der Waals surface area contributed by atoms with E-state index < -0.39 is 23.8 Å². The molecule has 1 saturated carbocycles. The summed E-state index contributed by atoms with van der Waals surface area (Å²) in [5.41, 5.74) is 0. The van der Waals surface area contributed by atoms with Gasteiger partial charge in [-0.25, -0.2) is 0 Å². The van der Waals surface area contributed by atoms with Gasteiger partial charge in [0.2, 0.25) is 0 Å². The van der Waals surface area contributed by atoms with Crippen LogP contribution in [0.3, 0.4) is 0 Å². The molecule has 3 N–H and O–H groups in total. The fourth-order valence-electron chi connectivity index (χ4n) is 1.80. The first-order chi connectivity index (χ1) is 6.16. The Bertz CT molecular complexity index is 216. The van der Waals surface area contributed by atoms with E-state index >= 15 is 0 Å². The number of rotatable bonds is 2. The Morgan fingerprint density at radius 1 is 1.23 bits per heavy atom. The molecule has 0 heterocycles. The quantitative estimate of drug-likeness (QED) is 0.606. The minimum atomic E-state index is -0.935. The second kappa shape index (κ2) is 4.23. The van der Waals surface area contributed by atoms with Gasteiger partial charge >= 0.3 is 11.9 Å². The Labute approximate surface area is 75.8 Å². The van der Waals surface area contributed by atoms with Crippen LogP contribution in [0.5, 0.6) is 0 Å². The predicted molar refractivity (Wildman–Crippen MR) is 43.4 cm³/mol. The van der Waals surface area contributed by atoms with Gasteiger partial charge in [0.25, 0.3) is 0 Å². The number of hydrogen-bond donors (Lipinski definition) is 2. The van der Waals surface area contributed by atoms with Gasteiger partial charge < -0.3 is 9.94 Å². The molecule has 1 fully saturated rings. The smallest absolute Gasteiger partial charge is 0.328 e. The molecule has 1 aliphatic rings. The Balaban J connectivity index is 2.67. The second-order valence-electron chi connectivity index (χ2n) is 3.27. The van der Waals surface area contributed by atoms with Crippen LogP contribution in [-0.2, 0) is 14.4 Å². The largest absolute Gasteiger partial charge is 0.481 e. The van der Waals surface area contributed by atoms with Crippen LogP contribution in [0.1, 0.15) is 25.7 Å². The monoisotopic (exact) mass is 187 g/mol. The van der Waals surface area contributed by atoms with Crippen molar-refractivity contribution in [3.05, 3.63) is 0 Å². The van der Waals surface area contributed by atoms with Gasteiger partial charge in [0.1, 0.15) is 0 Å². The summed E-state index contributed by atoms with van der Waals surface area (Å²) in [5, 5.41) is 8.80. The van der Waals surface area contributed by atoms with Crippen molar-refractivity contribution in [2.45, 2.75) is 25.7 Å². The van der Waals surface area contributed by atoms with Crippen LogP contribution in [0.4, 0.5) is 0 Å². The Hall–Kier alpha value is -1.10. The SMILES string of the molecule is NOC(=O)C1CCCCC1C(=O)O. The van der Waals surface area contributed by atoms with Crippen LogP contribution in [0.25, 0.3) is 0 Å². The molecule has 0 aromatic rings. The van der Waals surface area contributed by atoms with E-state index in [9.17, 15) is 9.59 Å². The summed E-state index contributed by atoms with van der Waals surface area (Å²) >= 11 is 0. The first-order valence-electron chi connectivity index (χ1n) is 4.30. The van der Waals surface area contributed by atoms with Crippen molar-refractivity contribution < 1.29 is 19.5 Å². The number of carbonyl (C=O) groups is 2. The minimum absolute atomic E-state index is 0.537. The molecule has 5 heteroatoms. The third-order valence-corrected chi connectivity index (χ3v) is 2.50. The zero-order valence-electron chi connectivity index (χ0n) is 7.23. The lowest BCUT2D eigenvalue weighted by Crippen LogP contribution is -2.34. The summed E-state index contributed by atoms with van der Waals surface area (Å²) in [4.78, 5) is 25.9. The molecule has 1 rings (SSSR count). The molecule has 0 aromatic carbocycles. The zero-order valence-corrected chi connectivity index (χ0v) is 7.23. The van der Waals surface area contributed by atoms with E-state index in [1.165, 1.54) is 0 Å². The Morgan fingerprint density at radius 3 is 2.23 bits per heavy atom. The van der Waals surface area contributed by atoms with Gasteiger partial charge in [-0.15, -0.1) is 0 Å². The van der Waals surface area contributed by atoms with Crippen molar-refractivity contribution in [1.29, 1.82) is 0 Å². The molecular formula is C8H13NO4. The normalized spacial score (nSPS) is 28.1. The second-order valence-corrected chi connectivity index (χ2v) is 3.27. The molecule has 0 saturated heterocycles. The van der Waals surface area contributed by atoms with Crippen LogP contribution in [0.2, 0.25) is 0 Å². The highest BCUT2D eigenvalue weighted by molar-refractivity contribution is 5.81.